The predicted molar refractivity (Wildman–Crippen MR) is 101 cm³/mol. The monoisotopic (exact) mass is 381 g/mol. The van der Waals surface area contributed by atoms with E-state index in [1.807, 2.05) is 36.4 Å². The number of para-hydroxylation sites is 1. The second-order valence-electron chi connectivity index (χ2n) is 6.04. The van der Waals surface area contributed by atoms with Crippen molar-refractivity contribution in [3.05, 3.63) is 101 Å². The van der Waals surface area contributed by atoms with E-state index in [2.05, 4.69) is 5.32 Å². The lowest BCUT2D eigenvalue weighted by Crippen LogP contribution is -2.22. The number of carbonyl (C=O) groups is 2. The lowest BCUT2D eigenvalue weighted by atomic mass is 10.00. The van der Waals surface area contributed by atoms with E-state index in [4.69, 9.17) is 4.74 Å². The molecule has 1 amide bonds. The maximum atomic E-state index is 13.6. The average Bonchev–Trinajstić information content (AvgIpc) is 2.70. The van der Waals surface area contributed by atoms with Gasteiger partial charge in [0.25, 0.3) is 5.91 Å². The first-order valence-electron chi connectivity index (χ1n) is 8.57. The molecule has 0 fully saturated rings. The highest BCUT2D eigenvalue weighted by atomic mass is 19.1. The molecule has 0 aliphatic heterocycles. The Kier molecular flexibility index (Phi) is 6.11. The smallest absolute Gasteiger partial charge is 0.338 e. The lowest BCUT2D eigenvalue weighted by Gasteiger charge is -2.11. The summed E-state index contributed by atoms with van der Waals surface area (Å²) in [6.07, 6.45) is 0.527. The number of rotatable bonds is 6. The number of benzene rings is 3. The third-order valence-corrected chi connectivity index (χ3v) is 4.04. The largest absolute Gasteiger partial charge is 0.452 e. The number of nitrogens with one attached hydrogen (secondary N) is 1. The Bertz CT molecular complexity index is 970. The average molecular weight is 381 g/mol. The van der Waals surface area contributed by atoms with Crippen molar-refractivity contribution in [2.75, 3.05) is 11.9 Å². The predicted octanol–water partition coefficient (Wildman–Crippen LogP) is 4.35. The molecular formula is C22H17F2NO3. The van der Waals surface area contributed by atoms with E-state index >= 15 is 0 Å². The summed E-state index contributed by atoms with van der Waals surface area (Å²) >= 11 is 0. The fourth-order valence-corrected chi connectivity index (χ4v) is 2.69. The van der Waals surface area contributed by atoms with Crippen molar-refractivity contribution in [2.24, 2.45) is 0 Å². The van der Waals surface area contributed by atoms with E-state index in [-0.39, 0.29) is 0 Å². The summed E-state index contributed by atoms with van der Waals surface area (Å²) in [5.74, 6) is -3.34. The van der Waals surface area contributed by atoms with Crippen LogP contribution >= 0.6 is 0 Å². The van der Waals surface area contributed by atoms with Crippen molar-refractivity contribution in [1.29, 1.82) is 0 Å². The van der Waals surface area contributed by atoms with Gasteiger partial charge >= 0.3 is 5.97 Å². The molecule has 3 rings (SSSR count). The van der Waals surface area contributed by atoms with Gasteiger partial charge in [0.15, 0.2) is 6.61 Å². The normalized spacial score (nSPS) is 10.4. The van der Waals surface area contributed by atoms with Gasteiger partial charge in [-0.1, -0.05) is 54.6 Å². The summed E-state index contributed by atoms with van der Waals surface area (Å²) in [5, 5.41) is 2.07. The number of halogens is 2. The highest BCUT2D eigenvalue weighted by Crippen LogP contribution is 2.18. The van der Waals surface area contributed by atoms with E-state index in [1.54, 1.807) is 18.2 Å². The Balaban J connectivity index is 1.64. The number of carbonyl (C=O) groups excluding carboxylic acids is 2. The minimum Gasteiger partial charge on any atom is -0.452 e. The van der Waals surface area contributed by atoms with Gasteiger partial charge in [0.1, 0.15) is 17.3 Å². The van der Waals surface area contributed by atoms with Crippen molar-refractivity contribution in [3.63, 3.8) is 0 Å². The third kappa shape index (κ3) is 4.79. The molecule has 3 aromatic rings. The third-order valence-electron chi connectivity index (χ3n) is 4.04. The van der Waals surface area contributed by atoms with Crippen LogP contribution in [0.3, 0.4) is 0 Å². The van der Waals surface area contributed by atoms with Gasteiger partial charge in [-0.15, -0.1) is 0 Å². The Morgan fingerprint density at radius 3 is 2.18 bits per heavy atom. The van der Waals surface area contributed by atoms with E-state index in [0.717, 1.165) is 23.3 Å². The SMILES string of the molecule is O=C(COC(=O)c1ccccc1Cc1ccccc1)Nc1c(F)cccc1F. The molecule has 0 radical (unpaired) electrons. The van der Waals surface area contributed by atoms with Gasteiger partial charge in [-0.3, -0.25) is 4.79 Å². The standard InChI is InChI=1S/C22H17F2NO3/c23-18-11-6-12-19(24)21(18)25-20(26)14-28-22(27)17-10-5-4-9-16(17)13-15-7-2-1-3-8-15/h1-12H,13-14H2,(H,25,26). The van der Waals surface area contributed by atoms with Crippen molar-refractivity contribution < 1.29 is 23.1 Å². The van der Waals surface area contributed by atoms with Crippen LogP contribution in [0, 0.1) is 11.6 Å². The number of amides is 1. The van der Waals surface area contributed by atoms with Crippen LogP contribution in [0.25, 0.3) is 0 Å². The molecule has 1 N–H and O–H groups in total. The number of hydrogen-bond donors (Lipinski definition) is 1. The summed E-state index contributed by atoms with van der Waals surface area (Å²) < 4.78 is 32.2. The second kappa shape index (κ2) is 8.90. The second-order valence-corrected chi connectivity index (χ2v) is 6.04. The Labute approximate surface area is 160 Å². The molecule has 0 aliphatic rings. The molecule has 0 spiro atoms. The van der Waals surface area contributed by atoms with Crippen molar-refractivity contribution in [3.8, 4) is 0 Å². The molecule has 0 atom stereocenters. The molecule has 0 bridgehead atoms. The molecule has 0 unspecified atom stereocenters. The van der Waals surface area contributed by atoms with E-state index in [9.17, 15) is 18.4 Å². The first kappa shape index (κ1) is 19.2. The van der Waals surface area contributed by atoms with E-state index < -0.39 is 35.8 Å². The molecule has 0 heterocycles. The first-order chi connectivity index (χ1) is 13.5. The van der Waals surface area contributed by atoms with Crippen LogP contribution < -0.4 is 5.32 Å². The van der Waals surface area contributed by atoms with Crippen LogP contribution in [0.4, 0.5) is 14.5 Å². The van der Waals surface area contributed by atoms with Gasteiger partial charge < -0.3 is 10.1 Å². The van der Waals surface area contributed by atoms with Crippen LogP contribution in [-0.2, 0) is 16.0 Å². The lowest BCUT2D eigenvalue weighted by molar-refractivity contribution is -0.119. The number of anilines is 1. The Morgan fingerprint density at radius 2 is 1.46 bits per heavy atom. The zero-order valence-electron chi connectivity index (χ0n) is 14.8. The summed E-state index contributed by atoms with van der Waals surface area (Å²) in [7, 11) is 0. The fourth-order valence-electron chi connectivity index (χ4n) is 2.69. The first-order valence-corrected chi connectivity index (χ1v) is 8.57. The van der Waals surface area contributed by atoms with Crippen molar-refractivity contribution in [2.45, 2.75) is 6.42 Å². The number of esters is 1. The van der Waals surface area contributed by atoms with Gasteiger partial charge in [-0.25, -0.2) is 13.6 Å². The summed E-state index contributed by atoms with van der Waals surface area (Å²) in [6, 6.07) is 19.7. The molecule has 0 saturated heterocycles. The summed E-state index contributed by atoms with van der Waals surface area (Å²) in [5.41, 5.74) is 1.53. The van der Waals surface area contributed by atoms with Crippen molar-refractivity contribution >= 4 is 17.6 Å². The van der Waals surface area contributed by atoms with Gasteiger partial charge in [0.2, 0.25) is 0 Å². The van der Waals surface area contributed by atoms with Crippen LogP contribution in [0.2, 0.25) is 0 Å². The van der Waals surface area contributed by atoms with Crippen LogP contribution in [0.1, 0.15) is 21.5 Å². The maximum Gasteiger partial charge on any atom is 0.338 e. The Morgan fingerprint density at radius 1 is 0.821 bits per heavy atom. The van der Waals surface area contributed by atoms with E-state index in [1.165, 1.54) is 6.07 Å². The topological polar surface area (TPSA) is 55.4 Å². The van der Waals surface area contributed by atoms with Crippen LogP contribution in [0.5, 0.6) is 0 Å². The summed E-state index contributed by atoms with van der Waals surface area (Å²) in [6.45, 7) is -0.660. The van der Waals surface area contributed by atoms with Crippen molar-refractivity contribution in [1.82, 2.24) is 0 Å². The zero-order valence-corrected chi connectivity index (χ0v) is 14.8. The minimum atomic E-state index is -0.909. The molecule has 0 aromatic heterocycles. The Hall–Kier alpha value is -3.54. The van der Waals surface area contributed by atoms with Gasteiger partial charge in [-0.2, -0.15) is 0 Å². The van der Waals surface area contributed by atoms with Gasteiger partial charge in [0.05, 0.1) is 5.56 Å². The maximum absolute atomic E-state index is 13.6. The highest BCUT2D eigenvalue weighted by molar-refractivity contribution is 5.96. The quantitative estimate of drug-likeness (QED) is 0.646. The molecule has 6 heteroatoms. The van der Waals surface area contributed by atoms with Crippen LogP contribution in [-0.4, -0.2) is 18.5 Å². The van der Waals surface area contributed by atoms with E-state index in [0.29, 0.717) is 12.0 Å². The molecule has 0 saturated carbocycles. The fraction of sp³-hybridized carbons (Fsp3) is 0.0909. The minimum absolute atomic E-state index is 0.330. The molecule has 3 aromatic carbocycles. The molecule has 142 valence electrons. The van der Waals surface area contributed by atoms with Gasteiger partial charge in [0, 0.05) is 0 Å². The highest BCUT2D eigenvalue weighted by Gasteiger charge is 2.16. The van der Waals surface area contributed by atoms with Crippen LogP contribution in [0.15, 0.2) is 72.8 Å². The molecular weight excluding hydrogens is 364 g/mol. The summed E-state index contributed by atoms with van der Waals surface area (Å²) in [4.78, 5) is 24.3. The zero-order chi connectivity index (χ0) is 19.9. The molecule has 28 heavy (non-hydrogen) atoms. The number of hydrogen-bond acceptors (Lipinski definition) is 3. The van der Waals surface area contributed by atoms with Gasteiger partial charge in [-0.05, 0) is 35.7 Å². The molecule has 0 aliphatic carbocycles. The molecule has 4 nitrogen and oxygen atoms in total. The number of ether oxygens (including phenoxy) is 1.